The number of hydrogen-bond donors (Lipinski definition) is 3. The van der Waals surface area contributed by atoms with Crippen molar-refractivity contribution in [2.75, 3.05) is 5.32 Å². The third-order valence-electron chi connectivity index (χ3n) is 5.64. The summed E-state index contributed by atoms with van der Waals surface area (Å²) < 4.78 is 0. The van der Waals surface area contributed by atoms with Gasteiger partial charge in [0.05, 0.1) is 5.70 Å². The van der Waals surface area contributed by atoms with Crippen LogP contribution in [-0.4, -0.2) is 16.9 Å². The molecule has 2 aliphatic rings. The zero-order chi connectivity index (χ0) is 22.0. The molecule has 1 fully saturated rings. The molecular weight excluding hydrogens is 435 g/mol. The number of benzene rings is 2. The maximum Gasteiger partial charge on any atom is 0.265 e. The highest BCUT2D eigenvalue weighted by atomic mass is 35.5. The van der Waals surface area contributed by atoms with E-state index < -0.39 is 17.6 Å². The molecule has 2 aromatic rings. The number of amides is 2. The molecule has 1 heterocycles. The number of anilines is 1. The molecule has 0 spiro atoms. The van der Waals surface area contributed by atoms with Gasteiger partial charge in [-0.1, -0.05) is 54.6 Å². The van der Waals surface area contributed by atoms with E-state index in [4.69, 9.17) is 23.2 Å². The number of aliphatic hydroxyl groups is 1. The largest absolute Gasteiger partial charge is 0.505 e. The van der Waals surface area contributed by atoms with Gasteiger partial charge >= 0.3 is 0 Å². The minimum Gasteiger partial charge on any atom is -0.505 e. The lowest BCUT2D eigenvalue weighted by atomic mass is 9.84. The van der Waals surface area contributed by atoms with E-state index in [0.717, 1.165) is 0 Å². The Balaban J connectivity index is 1.50. The summed E-state index contributed by atoms with van der Waals surface area (Å²) in [5.74, 6) is -1.20. The summed E-state index contributed by atoms with van der Waals surface area (Å²) in [7, 11) is 0. The van der Waals surface area contributed by atoms with Crippen LogP contribution >= 0.6 is 23.2 Å². The van der Waals surface area contributed by atoms with Crippen molar-refractivity contribution in [2.24, 2.45) is 0 Å². The average Bonchev–Trinajstić information content (AvgIpc) is 3.01. The van der Waals surface area contributed by atoms with E-state index in [1.54, 1.807) is 18.2 Å². The van der Waals surface area contributed by atoms with Crippen LogP contribution in [0, 0.1) is 0 Å². The summed E-state index contributed by atoms with van der Waals surface area (Å²) in [5, 5.41) is 16.5. The molecule has 2 aromatic carbocycles. The number of carbonyl (C=O) groups excluding carboxylic acids is 2. The van der Waals surface area contributed by atoms with E-state index in [-0.39, 0.29) is 11.3 Å². The summed E-state index contributed by atoms with van der Waals surface area (Å²) in [6.07, 6.45) is 7.70. The molecule has 2 amide bonds. The van der Waals surface area contributed by atoms with E-state index in [9.17, 15) is 14.7 Å². The minimum absolute atomic E-state index is 0.112. The maximum absolute atomic E-state index is 12.7. The molecule has 1 saturated carbocycles. The Morgan fingerprint density at radius 3 is 2.32 bits per heavy atom. The second-order valence-electron chi connectivity index (χ2n) is 7.85. The standard InChI is InChI=1S/C24H22Cl2N2O3/c25-17-10-14(11-18(26)13-17)12-20-22(29)21(24(31)28-20)23(30)27-19-8-6-16(7-9-19)15-4-2-1-3-5-15/h6-13,15,29H,1-5H2,(H,27,30)(H,28,31)/b20-12+. The smallest absolute Gasteiger partial charge is 0.265 e. The van der Waals surface area contributed by atoms with Gasteiger partial charge in [0.2, 0.25) is 0 Å². The first kappa shape index (κ1) is 21.5. The highest BCUT2D eigenvalue weighted by Crippen LogP contribution is 2.33. The third kappa shape index (κ3) is 4.94. The van der Waals surface area contributed by atoms with Crippen LogP contribution in [0.15, 0.2) is 59.5 Å². The normalized spacial score (nSPS) is 18.4. The topological polar surface area (TPSA) is 78.4 Å². The quantitative estimate of drug-likeness (QED) is 0.496. The Morgan fingerprint density at radius 2 is 1.68 bits per heavy atom. The maximum atomic E-state index is 12.7. The molecule has 0 saturated heterocycles. The van der Waals surface area contributed by atoms with E-state index in [1.165, 1.54) is 43.7 Å². The van der Waals surface area contributed by atoms with Gasteiger partial charge in [-0.25, -0.2) is 0 Å². The van der Waals surface area contributed by atoms with Gasteiger partial charge in [0.1, 0.15) is 5.57 Å². The summed E-state index contributed by atoms with van der Waals surface area (Å²) in [4.78, 5) is 25.0. The van der Waals surface area contributed by atoms with Gasteiger partial charge < -0.3 is 15.7 Å². The van der Waals surface area contributed by atoms with Crippen LogP contribution in [-0.2, 0) is 9.59 Å². The second kappa shape index (κ2) is 9.16. The van der Waals surface area contributed by atoms with Crippen molar-refractivity contribution >= 4 is 46.8 Å². The first-order chi connectivity index (χ1) is 14.9. The molecule has 0 radical (unpaired) electrons. The fraction of sp³-hybridized carbons (Fsp3) is 0.250. The molecule has 7 heteroatoms. The minimum atomic E-state index is -0.673. The van der Waals surface area contributed by atoms with Crippen LogP contribution in [0.1, 0.15) is 49.1 Å². The van der Waals surface area contributed by atoms with Crippen LogP contribution in [0.25, 0.3) is 6.08 Å². The van der Waals surface area contributed by atoms with Gasteiger partial charge in [-0.3, -0.25) is 9.59 Å². The van der Waals surface area contributed by atoms with E-state index >= 15 is 0 Å². The second-order valence-corrected chi connectivity index (χ2v) is 8.72. The Bertz CT molecular complexity index is 1060. The Morgan fingerprint density at radius 1 is 1.03 bits per heavy atom. The molecule has 0 bridgehead atoms. The Labute approximate surface area is 190 Å². The predicted octanol–water partition coefficient (Wildman–Crippen LogP) is 5.96. The molecule has 5 nitrogen and oxygen atoms in total. The average molecular weight is 457 g/mol. The first-order valence-electron chi connectivity index (χ1n) is 10.2. The lowest BCUT2D eigenvalue weighted by Gasteiger charge is -2.22. The summed E-state index contributed by atoms with van der Waals surface area (Å²) >= 11 is 12.0. The zero-order valence-electron chi connectivity index (χ0n) is 16.8. The number of aliphatic hydroxyl groups excluding tert-OH is 1. The van der Waals surface area contributed by atoms with E-state index in [1.807, 2.05) is 24.3 Å². The van der Waals surface area contributed by atoms with Crippen molar-refractivity contribution < 1.29 is 14.7 Å². The fourth-order valence-corrected chi connectivity index (χ4v) is 4.64. The van der Waals surface area contributed by atoms with Crippen LogP contribution < -0.4 is 10.6 Å². The van der Waals surface area contributed by atoms with Crippen molar-refractivity contribution in [1.82, 2.24) is 5.32 Å². The lowest BCUT2D eigenvalue weighted by Crippen LogP contribution is -2.24. The van der Waals surface area contributed by atoms with Crippen molar-refractivity contribution in [2.45, 2.75) is 38.0 Å². The van der Waals surface area contributed by atoms with Crippen LogP contribution in [0.2, 0.25) is 10.0 Å². The number of nitrogens with one attached hydrogen (secondary N) is 2. The number of hydrogen-bond acceptors (Lipinski definition) is 3. The predicted molar refractivity (Wildman–Crippen MR) is 123 cm³/mol. The summed E-state index contributed by atoms with van der Waals surface area (Å²) in [6, 6.07) is 12.5. The monoisotopic (exact) mass is 456 g/mol. The molecule has 1 aliphatic carbocycles. The van der Waals surface area contributed by atoms with Crippen molar-refractivity contribution in [1.29, 1.82) is 0 Å². The number of rotatable bonds is 4. The van der Waals surface area contributed by atoms with Crippen LogP contribution in [0.5, 0.6) is 0 Å². The Hall–Kier alpha value is -2.76. The Kier molecular flexibility index (Phi) is 6.35. The molecule has 1 aliphatic heterocycles. The van der Waals surface area contributed by atoms with Crippen LogP contribution in [0.3, 0.4) is 0 Å². The molecule has 3 N–H and O–H groups in total. The van der Waals surface area contributed by atoms with Gasteiger partial charge in [-0.15, -0.1) is 0 Å². The third-order valence-corrected chi connectivity index (χ3v) is 6.07. The molecule has 0 atom stereocenters. The van der Waals surface area contributed by atoms with Crippen LogP contribution in [0.4, 0.5) is 5.69 Å². The summed E-state index contributed by atoms with van der Waals surface area (Å²) in [6.45, 7) is 0. The molecular formula is C24H22Cl2N2O3. The molecule has 0 aromatic heterocycles. The summed E-state index contributed by atoms with van der Waals surface area (Å²) in [5.41, 5.74) is 2.19. The van der Waals surface area contributed by atoms with Gasteiger partial charge in [0.25, 0.3) is 11.8 Å². The fourth-order valence-electron chi connectivity index (χ4n) is 4.09. The molecule has 4 rings (SSSR count). The van der Waals surface area contributed by atoms with E-state index in [0.29, 0.717) is 27.2 Å². The van der Waals surface area contributed by atoms with Crippen molar-refractivity contribution in [3.05, 3.63) is 80.7 Å². The first-order valence-corrected chi connectivity index (χ1v) is 11.0. The van der Waals surface area contributed by atoms with Gasteiger partial charge in [-0.05, 0) is 66.3 Å². The van der Waals surface area contributed by atoms with Gasteiger partial charge in [0, 0.05) is 15.7 Å². The lowest BCUT2D eigenvalue weighted by molar-refractivity contribution is -0.120. The van der Waals surface area contributed by atoms with Crippen molar-refractivity contribution in [3.8, 4) is 0 Å². The SMILES string of the molecule is O=C1N/C(=C/c2cc(Cl)cc(Cl)c2)C(O)=C1C(=O)Nc1ccc(C2CCCCC2)cc1. The number of carbonyl (C=O) groups is 2. The highest BCUT2D eigenvalue weighted by Gasteiger charge is 2.32. The zero-order valence-corrected chi connectivity index (χ0v) is 18.3. The molecule has 160 valence electrons. The molecule has 31 heavy (non-hydrogen) atoms. The van der Waals surface area contributed by atoms with Gasteiger partial charge in [0.15, 0.2) is 5.76 Å². The van der Waals surface area contributed by atoms with E-state index in [2.05, 4.69) is 10.6 Å². The highest BCUT2D eigenvalue weighted by molar-refractivity contribution is 6.34. The molecule has 0 unspecified atom stereocenters. The number of halogens is 2. The van der Waals surface area contributed by atoms with Crippen molar-refractivity contribution in [3.63, 3.8) is 0 Å². The van der Waals surface area contributed by atoms with Gasteiger partial charge in [-0.2, -0.15) is 0 Å².